The molecule has 0 saturated heterocycles. The Hall–Kier alpha value is -1.73. The smallest absolute Gasteiger partial charge is 0.230 e. The van der Waals surface area contributed by atoms with Crippen LogP contribution in [0.3, 0.4) is 0 Å². The van der Waals surface area contributed by atoms with Crippen LogP contribution >= 0.6 is 23.4 Å². The molecule has 0 saturated carbocycles. The average Bonchev–Trinajstić information content (AvgIpc) is 2.86. The number of hydrogen-bond acceptors (Lipinski definition) is 5. The van der Waals surface area contributed by atoms with Gasteiger partial charge < -0.3 is 11.2 Å². The Kier molecular flexibility index (Phi) is 5.54. The van der Waals surface area contributed by atoms with E-state index in [1.807, 2.05) is 32.9 Å². The second-order valence-corrected chi connectivity index (χ2v) is 7.14. The second kappa shape index (κ2) is 7.23. The summed E-state index contributed by atoms with van der Waals surface area (Å²) in [5, 5.41) is 12.2. The molecule has 1 aromatic heterocycles. The molecule has 2 rings (SSSR count). The van der Waals surface area contributed by atoms with Crippen molar-refractivity contribution >= 4 is 29.3 Å². The van der Waals surface area contributed by atoms with Gasteiger partial charge in [0.25, 0.3) is 0 Å². The number of nitrogens with two attached hydrogens (primary N) is 1. The number of benzene rings is 1. The van der Waals surface area contributed by atoms with E-state index in [2.05, 4.69) is 15.5 Å². The maximum atomic E-state index is 12.0. The zero-order valence-corrected chi connectivity index (χ0v) is 14.9. The highest BCUT2D eigenvalue weighted by atomic mass is 35.5. The molecule has 0 unspecified atom stereocenters. The van der Waals surface area contributed by atoms with Crippen molar-refractivity contribution in [1.82, 2.24) is 20.2 Å². The number of halogens is 1. The second-order valence-electron chi connectivity index (χ2n) is 5.76. The number of hydrogen-bond donors (Lipinski definition) is 2. The van der Waals surface area contributed by atoms with Crippen molar-refractivity contribution in [2.75, 3.05) is 11.6 Å². The standard InChI is InChI=1S/C15H20ClN5OS/c1-4-15(2,3)18-12(22)9-23-14-20-19-13(21(14)17)10-6-5-7-11(16)8-10/h5-8H,4,9,17H2,1-3H3,(H,18,22). The molecule has 1 aromatic carbocycles. The fourth-order valence-corrected chi connectivity index (χ4v) is 2.68. The molecule has 0 aliphatic carbocycles. The minimum atomic E-state index is -0.222. The van der Waals surface area contributed by atoms with E-state index in [0.717, 1.165) is 12.0 Å². The Labute approximate surface area is 144 Å². The number of nitrogens with one attached hydrogen (secondary N) is 1. The van der Waals surface area contributed by atoms with Gasteiger partial charge in [-0.15, -0.1) is 10.2 Å². The third-order valence-corrected chi connectivity index (χ3v) is 4.62. The zero-order chi connectivity index (χ0) is 17.0. The van der Waals surface area contributed by atoms with Gasteiger partial charge in [0.05, 0.1) is 5.75 Å². The summed E-state index contributed by atoms with van der Waals surface area (Å²) in [6.45, 7) is 6.00. The predicted molar refractivity (Wildman–Crippen MR) is 93.9 cm³/mol. The van der Waals surface area contributed by atoms with Crippen LogP contribution in [0.25, 0.3) is 11.4 Å². The van der Waals surface area contributed by atoms with Crippen LogP contribution in [0.1, 0.15) is 27.2 Å². The van der Waals surface area contributed by atoms with Crippen molar-refractivity contribution in [3.63, 3.8) is 0 Å². The van der Waals surface area contributed by atoms with E-state index >= 15 is 0 Å². The number of rotatable bonds is 6. The van der Waals surface area contributed by atoms with Crippen molar-refractivity contribution in [1.29, 1.82) is 0 Å². The van der Waals surface area contributed by atoms with E-state index < -0.39 is 0 Å². The molecule has 23 heavy (non-hydrogen) atoms. The number of carbonyl (C=O) groups is 1. The van der Waals surface area contributed by atoms with Crippen LogP contribution in [0.15, 0.2) is 29.4 Å². The van der Waals surface area contributed by atoms with Crippen LogP contribution < -0.4 is 11.2 Å². The first-order valence-electron chi connectivity index (χ1n) is 7.22. The van der Waals surface area contributed by atoms with Gasteiger partial charge >= 0.3 is 0 Å². The lowest BCUT2D eigenvalue weighted by Gasteiger charge is -2.24. The highest BCUT2D eigenvalue weighted by Gasteiger charge is 2.19. The third kappa shape index (κ3) is 4.62. The number of thioether (sulfide) groups is 1. The molecule has 3 N–H and O–H groups in total. The maximum absolute atomic E-state index is 12.0. The van der Waals surface area contributed by atoms with Gasteiger partial charge in [-0.2, -0.15) is 0 Å². The number of nitrogens with zero attached hydrogens (tertiary/aromatic N) is 3. The van der Waals surface area contributed by atoms with Crippen molar-refractivity contribution < 1.29 is 4.79 Å². The van der Waals surface area contributed by atoms with Gasteiger partial charge in [0.2, 0.25) is 11.1 Å². The molecule has 0 spiro atoms. The van der Waals surface area contributed by atoms with Crippen molar-refractivity contribution in [2.45, 2.75) is 37.9 Å². The molecule has 0 radical (unpaired) electrons. The van der Waals surface area contributed by atoms with E-state index in [4.69, 9.17) is 17.4 Å². The number of nitrogen functional groups attached to an aromatic ring is 1. The molecule has 124 valence electrons. The summed E-state index contributed by atoms with van der Waals surface area (Å²) in [5.74, 6) is 6.69. The average molecular weight is 354 g/mol. The minimum Gasteiger partial charge on any atom is -0.351 e. The Balaban J connectivity index is 2.04. The van der Waals surface area contributed by atoms with E-state index in [1.165, 1.54) is 16.4 Å². The third-order valence-electron chi connectivity index (χ3n) is 3.44. The lowest BCUT2D eigenvalue weighted by Crippen LogP contribution is -2.43. The predicted octanol–water partition coefficient (Wildman–Crippen LogP) is 2.71. The number of amides is 1. The van der Waals surface area contributed by atoms with Gasteiger partial charge in [-0.1, -0.05) is 42.4 Å². The molecule has 0 atom stereocenters. The highest BCUT2D eigenvalue weighted by Crippen LogP contribution is 2.23. The molecule has 0 bridgehead atoms. The molecule has 6 nitrogen and oxygen atoms in total. The molecule has 1 amide bonds. The molecular formula is C15H20ClN5OS. The largest absolute Gasteiger partial charge is 0.351 e. The van der Waals surface area contributed by atoms with Gasteiger partial charge in [0.15, 0.2) is 5.82 Å². The molecule has 0 fully saturated rings. The van der Waals surface area contributed by atoms with Crippen molar-refractivity contribution in [3.05, 3.63) is 29.3 Å². The van der Waals surface area contributed by atoms with Gasteiger partial charge in [-0.3, -0.25) is 4.79 Å². The summed E-state index contributed by atoms with van der Waals surface area (Å²) in [4.78, 5) is 12.0. The van der Waals surface area contributed by atoms with Crippen LogP contribution in [0, 0.1) is 0 Å². The fraction of sp³-hybridized carbons (Fsp3) is 0.400. The van der Waals surface area contributed by atoms with Crippen LogP contribution in [-0.2, 0) is 4.79 Å². The van der Waals surface area contributed by atoms with E-state index in [-0.39, 0.29) is 17.2 Å². The summed E-state index contributed by atoms with van der Waals surface area (Å²) >= 11 is 7.22. The van der Waals surface area contributed by atoms with Crippen LogP contribution in [0.2, 0.25) is 5.02 Å². The van der Waals surface area contributed by atoms with Crippen LogP contribution in [-0.4, -0.2) is 32.1 Å². The Morgan fingerprint density at radius 3 is 2.83 bits per heavy atom. The first kappa shape index (κ1) is 17.6. The fourth-order valence-electron chi connectivity index (χ4n) is 1.83. The SMILES string of the molecule is CCC(C)(C)NC(=O)CSc1nnc(-c2cccc(Cl)c2)n1N. The van der Waals surface area contributed by atoms with Gasteiger partial charge in [0.1, 0.15) is 0 Å². The molecule has 8 heteroatoms. The molecule has 2 aromatic rings. The van der Waals surface area contributed by atoms with E-state index in [0.29, 0.717) is 16.0 Å². The van der Waals surface area contributed by atoms with Gasteiger partial charge in [0, 0.05) is 16.1 Å². The summed E-state index contributed by atoms with van der Waals surface area (Å²) < 4.78 is 1.37. The first-order chi connectivity index (χ1) is 10.8. The highest BCUT2D eigenvalue weighted by molar-refractivity contribution is 7.99. The summed E-state index contributed by atoms with van der Waals surface area (Å²) in [5.41, 5.74) is 0.552. The van der Waals surface area contributed by atoms with Gasteiger partial charge in [-0.05, 0) is 32.4 Å². The quantitative estimate of drug-likeness (QED) is 0.616. The number of carbonyl (C=O) groups excluding carboxylic acids is 1. The Morgan fingerprint density at radius 1 is 1.43 bits per heavy atom. The first-order valence-corrected chi connectivity index (χ1v) is 8.59. The summed E-state index contributed by atoms with van der Waals surface area (Å²) in [6.07, 6.45) is 0.857. The molecule has 0 aliphatic heterocycles. The topological polar surface area (TPSA) is 85.8 Å². The maximum Gasteiger partial charge on any atom is 0.230 e. The van der Waals surface area contributed by atoms with Crippen LogP contribution in [0.4, 0.5) is 0 Å². The van der Waals surface area contributed by atoms with Crippen molar-refractivity contribution in [3.8, 4) is 11.4 Å². The van der Waals surface area contributed by atoms with Crippen molar-refractivity contribution in [2.24, 2.45) is 0 Å². The van der Waals surface area contributed by atoms with E-state index in [1.54, 1.807) is 12.1 Å². The lowest BCUT2D eigenvalue weighted by atomic mass is 10.0. The molecule has 0 aliphatic rings. The molecular weight excluding hydrogens is 334 g/mol. The lowest BCUT2D eigenvalue weighted by molar-refractivity contribution is -0.120. The number of aromatic nitrogens is 3. The summed E-state index contributed by atoms with van der Waals surface area (Å²) in [7, 11) is 0. The van der Waals surface area contributed by atoms with E-state index in [9.17, 15) is 4.79 Å². The Bertz CT molecular complexity index is 701. The zero-order valence-electron chi connectivity index (χ0n) is 13.3. The monoisotopic (exact) mass is 353 g/mol. The normalized spacial score (nSPS) is 11.5. The Morgan fingerprint density at radius 2 is 2.17 bits per heavy atom. The van der Waals surface area contributed by atoms with Crippen LogP contribution in [0.5, 0.6) is 0 Å². The van der Waals surface area contributed by atoms with Gasteiger partial charge in [-0.25, -0.2) is 4.68 Å². The minimum absolute atomic E-state index is 0.0610. The molecule has 1 heterocycles. The summed E-state index contributed by atoms with van der Waals surface area (Å²) in [6, 6.07) is 7.21.